The second-order valence-electron chi connectivity index (χ2n) is 8.72. The van der Waals surface area contributed by atoms with Crippen LogP contribution in [0.25, 0.3) is 11.2 Å². The van der Waals surface area contributed by atoms with Crippen LogP contribution in [-0.4, -0.2) is 55.8 Å². The van der Waals surface area contributed by atoms with E-state index in [-0.39, 0.29) is 25.1 Å². The number of fused-ring (bicyclic) bond motifs is 2. The fraction of sp³-hybridized carbons (Fsp3) is 0.308. The van der Waals surface area contributed by atoms with Crippen LogP contribution in [0, 0.1) is 0 Å². The maximum Gasteiger partial charge on any atom is 0.333 e. The van der Waals surface area contributed by atoms with Gasteiger partial charge in [-0.2, -0.15) is 0 Å². The van der Waals surface area contributed by atoms with Crippen LogP contribution in [-0.2, 0) is 24.4 Å². The summed E-state index contributed by atoms with van der Waals surface area (Å²) in [6, 6.07) is 16.8. The van der Waals surface area contributed by atoms with Gasteiger partial charge in [0.1, 0.15) is 13.2 Å². The highest BCUT2D eigenvalue weighted by atomic mass is 16.6. The Bertz CT molecular complexity index is 1520. The van der Waals surface area contributed by atoms with Crippen LogP contribution in [0.2, 0.25) is 0 Å². The number of hydrogen-bond donors (Lipinski definition) is 0. The number of aromatic nitrogens is 4. The maximum absolute atomic E-state index is 13.5. The molecule has 0 aliphatic carbocycles. The quantitative estimate of drug-likeness (QED) is 0.392. The zero-order chi connectivity index (χ0) is 25.2. The van der Waals surface area contributed by atoms with Gasteiger partial charge in [0.25, 0.3) is 5.56 Å². The minimum absolute atomic E-state index is 0.230. The van der Waals surface area contributed by atoms with Crippen LogP contribution in [0.4, 0.5) is 0 Å². The van der Waals surface area contributed by atoms with Gasteiger partial charge < -0.3 is 18.9 Å². The summed E-state index contributed by atoms with van der Waals surface area (Å²) in [6.45, 7) is 2.77. The number of ether oxygens (including phenoxy) is 2. The Kier molecular flexibility index (Phi) is 6.32. The van der Waals surface area contributed by atoms with Crippen LogP contribution in [0.15, 0.2) is 70.5 Å². The van der Waals surface area contributed by atoms with Crippen LogP contribution in [0.3, 0.4) is 0 Å². The van der Waals surface area contributed by atoms with E-state index in [1.807, 2.05) is 61.5 Å². The number of benzene rings is 2. The van der Waals surface area contributed by atoms with E-state index in [1.54, 1.807) is 17.9 Å². The lowest BCUT2D eigenvalue weighted by atomic mass is 10.2. The third kappa shape index (κ3) is 4.37. The number of amides is 1. The van der Waals surface area contributed by atoms with Gasteiger partial charge in [-0.1, -0.05) is 42.5 Å². The van der Waals surface area contributed by atoms with E-state index in [9.17, 15) is 14.4 Å². The molecule has 5 rings (SSSR count). The minimum atomic E-state index is -0.578. The summed E-state index contributed by atoms with van der Waals surface area (Å²) < 4.78 is 15.8. The summed E-state index contributed by atoms with van der Waals surface area (Å²) in [5.41, 5.74) is 0.371. The van der Waals surface area contributed by atoms with Crippen molar-refractivity contribution >= 4 is 17.1 Å². The molecule has 186 valence electrons. The number of nitrogens with zero attached hydrogens (tertiary/aromatic N) is 5. The van der Waals surface area contributed by atoms with Gasteiger partial charge in [-0.15, -0.1) is 0 Å². The van der Waals surface area contributed by atoms with Crippen molar-refractivity contribution in [2.75, 3.05) is 20.2 Å². The average Bonchev–Trinajstić information content (AvgIpc) is 3.34. The highest BCUT2D eigenvalue weighted by Gasteiger charge is 2.25. The largest absolute Gasteiger partial charge is 0.486 e. The average molecular weight is 490 g/mol. The van der Waals surface area contributed by atoms with Gasteiger partial charge in [0.2, 0.25) is 5.91 Å². The molecule has 0 bridgehead atoms. The molecule has 1 unspecified atom stereocenters. The summed E-state index contributed by atoms with van der Waals surface area (Å²) in [7, 11) is 1.62. The zero-order valence-electron chi connectivity index (χ0n) is 20.2. The summed E-state index contributed by atoms with van der Waals surface area (Å²) in [5, 5.41) is 0. The highest BCUT2D eigenvalue weighted by molar-refractivity contribution is 5.76. The number of imidazole rings is 1. The molecule has 4 aromatic rings. The first kappa shape index (κ1) is 23.4. The first-order chi connectivity index (χ1) is 17.5. The summed E-state index contributed by atoms with van der Waals surface area (Å²) >= 11 is 0. The second-order valence-corrected chi connectivity index (χ2v) is 8.72. The summed E-state index contributed by atoms with van der Waals surface area (Å²) in [6.07, 6.45) is 1.17. The van der Waals surface area contributed by atoms with Gasteiger partial charge in [0.05, 0.1) is 19.4 Å². The fourth-order valence-electron chi connectivity index (χ4n) is 4.34. The molecule has 0 radical (unpaired) electrons. The van der Waals surface area contributed by atoms with E-state index in [2.05, 4.69) is 4.98 Å². The molecule has 1 aliphatic heterocycles. The first-order valence-electron chi connectivity index (χ1n) is 11.8. The zero-order valence-corrected chi connectivity index (χ0v) is 20.2. The lowest BCUT2D eigenvalue weighted by Gasteiger charge is -2.29. The van der Waals surface area contributed by atoms with Crippen molar-refractivity contribution < 1.29 is 14.3 Å². The van der Waals surface area contributed by atoms with Crippen molar-refractivity contribution in [2.24, 2.45) is 0 Å². The molecule has 1 atom stereocenters. The molecular weight excluding hydrogens is 462 g/mol. The molecule has 2 aromatic carbocycles. The smallest absolute Gasteiger partial charge is 0.333 e. The predicted octanol–water partition coefficient (Wildman–Crippen LogP) is 1.73. The molecule has 0 N–H and O–H groups in total. The molecule has 3 heterocycles. The van der Waals surface area contributed by atoms with E-state index in [0.717, 1.165) is 10.1 Å². The van der Waals surface area contributed by atoms with Crippen molar-refractivity contribution in [1.29, 1.82) is 0 Å². The molecule has 10 heteroatoms. The molecule has 1 amide bonds. The summed E-state index contributed by atoms with van der Waals surface area (Å²) in [5.74, 6) is 0.895. The van der Waals surface area contributed by atoms with Gasteiger partial charge in [-0.25, -0.2) is 14.3 Å². The third-order valence-corrected chi connectivity index (χ3v) is 6.27. The standard InChI is InChI=1S/C26H27N5O5/c1-3-29-17-27-24-23(29)25(33)31(26(34)30(24)13-18-9-5-4-6-10-18)15-22(32)28(2)14-19-16-35-20-11-7-8-12-21(20)36-19/h4-12,17,19H,3,13-16H2,1-2H3. The van der Waals surface area contributed by atoms with Gasteiger partial charge in [-0.05, 0) is 24.6 Å². The monoisotopic (exact) mass is 489 g/mol. The lowest BCUT2D eigenvalue weighted by molar-refractivity contribution is -0.132. The van der Waals surface area contributed by atoms with Gasteiger partial charge in [0, 0.05) is 13.6 Å². The molecule has 36 heavy (non-hydrogen) atoms. The maximum atomic E-state index is 13.5. The Morgan fingerprint density at radius 3 is 2.53 bits per heavy atom. The van der Waals surface area contributed by atoms with Crippen molar-refractivity contribution in [3.05, 3.63) is 87.3 Å². The molecule has 0 fully saturated rings. The number of rotatable bonds is 7. The minimum Gasteiger partial charge on any atom is -0.486 e. The molecule has 1 aliphatic rings. The molecule has 0 spiro atoms. The topological polar surface area (TPSA) is 101 Å². The number of hydrogen-bond acceptors (Lipinski definition) is 6. The lowest BCUT2D eigenvalue weighted by Crippen LogP contribution is -2.47. The van der Waals surface area contributed by atoms with Crippen molar-refractivity contribution in [3.8, 4) is 11.5 Å². The highest BCUT2D eigenvalue weighted by Crippen LogP contribution is 2.30. The van der Waals surface area contributed by atoms with Gasteiger partial charge in [-0.3, -0.25) is 14.2 Å². The number of carbonyl (C=O) groups excluding carboxylic acids is 1. The number of aryl methyl sites for hydroxylation is 1. The number of para-hydroxylation sites is 2. The van der Waals surface area contributed by atoms with E-state index < -0.39 is 17.8 Å². The van der Waals surface area contributed by atoms with Gasteiger partial charge >= 0.3 is 5.69 Å². The SMILES string of the molecule is CCn1cnc2c1c(=O)n(CC(=O)N(C)CC1COc3ccccc3O1)c(=O)n2Cc1ccccc1. The van der Waals surface area contributed by atoms with Gasteiger partial charge in [0.15, 0.2) is 28.8 Å². The Balaban J connectivity index is 1.42. The van der Waals surface area contributed by atoms with Crippen molar-refractivity contribution in [2.45, 2.75) is 32.7 Å². The Hall–Kier alpha value is -4.34. The van der Waals surface area contributed by atoms with E-state index in [4.69, 9.17) is 9.47 Å². The predicted molar refractivity (Wildman–Crippen MR) is 133 cm³/mol. The molecule has 0 saturated carbocycles. The summed E-state index contributed by atoms with van der Waals surface area (Å²) in [4.78, 5) is 45.7. The van der Waals surface area contributed by atoms with Crippen LogP contribution < -0.4 is 20.7 Å². The molecule has 2 aromatic heterocycles. The Morgan fingerprint density at radius 1 is 1.06 bits per heavy atom. The second kappa shape index (κ2) is 9.73. The van der Waals surface area contributed by atoms with Crippen LogP contribution >= 0.6 is 0 Å². The third-order valence-electron chi connectivity index (χ3n) is 6.27. The van der Waals surface area contributed by atoms with E-state index in [1.165, 1.54) is 9.47 Å². The normalized spacial score (nSPS) is 14.7. The van der Waals surface area contributed by atoms with E-state index >= 15 is 0 Å². The molecular formula is C26H27N5O5. The van der Waals surface area contributed by atoms with Crippen molar-refractivity contribution in [1.82, 2.24) is 23.6 Å². The van der Waals surface area contributed by atoms with Crippen LogP contribution in [0.5, 0.6) is 11.5 Å². The molecule has 10 nitrogen and oxygen atoms in total. The molecule has 0 saturated heterocycles. The number of likely N-dealkylation sites (N-methyl/N-ethyl adjacent to an activating group) is 1. The fourth-order valence-corrected chi connectivity index (χ4v) is 4.34. The van der Waals surface area contributed by atoms with Crippen LogP contribution in [0.1, 0.15) is 12.5 Å². The Labute approximate surface area is 206 Å². The van der Waals surface area contributed by atoms with E-state index in [0.29, 0.717) is 35.8 Å². The first-order valence-corrected chi connectivity index (χ1v) is 11.8. The van der Waals surface area contributed by atoms with Crippen molar-refractivity contribution in [3.63, 3.8) is 0 Å². The number of carbonyl (C=O) groups is 1. The Morgan fingerprint density at radius 2 is 1.78 bits per heavy atom.